The molecule has 2 rings (SSSR count). The Labute approximate surface area is 149 Å². The molecule has 3 N–H and O–H groups in total. The van der Waals surface area contributed by atoms with Gasteiger partial charge in [0.15, 0.2) is 5.96 Å². The van der Waals surface area contributed by atoms with Crippen LogP contribution in [0.25, 0.3) is 0 Å². The number of hydrogen-bond donors (Lipinski definition) is 3. The second-order valence-electron chi connectivity index (χ2n) is 6.35. The third-order valence-electron chi connectivity index (χ3n) is 4.43. The van der Waals surface area contributed by atoms with Gasteiger partial charge < -0.3 is 20.5 Å². The summed E-state index contributed by atoms with van der Waals surface area (Å²) in [6.45, 7) is 3.53. The first-order valence-electron chi connectivity index (χ1n) is 9.02. The minimum Gasteiger partial charge on any atom is -0.465 e. The summed E-state index contributed by atoms with van der Waals surface area (Å²) in [4.78, 5) is 16.1. The van der Waals surface area contributed by atoms with Gasteiger partial charge >= 0.3 is 5.97 Å². The van der Waals surface area contributed by atoms with Crippen LogP contribution in [0.2, 0.25) is 0 Å². The SMILES string of the molecule is CCNC(=NCCc1ccc(C(=O)OC)cc1)NC1CCC(O)CC1. The molecule has 6 heteroatoms. The zero-order chi connectivity index (χ0) is 18.1. The van der Waals surface area contributed by atoms with Gasteiger partial charge in [0.05, 0.1) is 18.8 Å². The van der Waals surface area contributed by atoms with Crippen LogP contribution in [-0.4, -0.2) is 49.4 Å². The highest BCUT2D eigenvalue weighted by Gasteiger charge is 2.19. The van der Waals surface area contributed by atoms with Gasteiger partial charge in [-0.1, -0.05) is 12.1 Å². The monoisotopic (exact) mass is 347 g/mol. The van der Waals surface area contributed by atoms with Crippen LogP contribution in [0.4, 0.5) is 0 Å². The van der Waals surface area contributed by atoms with Gasteiger partial charge in [0.25, 0.3) is 0 Å². The summed E-state index contributed by atoms with van der Waals surface area (Å²) in [5.74, 6) is 0.510. The average Bonchev–Trinajstić information content (AvgIpc) is 2.63. The number of methoxy groups -OCH3 is 1. The van der Waals surface area contributed by atoms with Crippen molar-refractivity contribution >= 4 is 11.9 Å². The Morgan fingerprint density at radius 1 is 1.24 bits per heavy atom. The fraction of sp³-hybridized carbons (Fsp3) is 0.579. The van der Waals surface area contributed by atoms with Crippen LogP contribution in [0.1, 0.15) is 48.5 Å². The molecule has 0 aliphatic heterocycles. The van der Waals surface area contributed by atoms with E-state index in [1.807, 2.05) is 19.1 Å². The average molecular weight is 347 g/mol. The first-order valence-corrected chi connectivity index (χ1v) is 9.02. The van der Waals surface area contributed by atoms with E-state index < -0.39 is 0 Å². The molecule has 1 aliphatic carbocycles. The maximum absolute atomic E-state index is 11.4. The minimum atomic E-state index is -0.319. The Morgan fingerprint density at radius 2 is 1.92 bits per heavy atom. The number of carbonyl (C=O) groups is 1. The number of aliphatic hydroxyl groups is 1. The third kappa shape index (κ3) is 6.38. The van der Waals surface area contributed by atoms with Gasteiger partial charge in [-0.05, 0) is 56.7 Å². The Balaban J connectivity index is 1.85. The first kappa shape index (κ1) is 19.2. The van der Waals surface area contributed by atoms with Crippen molar-refractivity contribution in [3.8, 4) is 0 Å². The lowest BCUT2D eigenvalue weighted by Gasteiger charge is -2.27. The van der Waals surface area contributed by atoms with E-state index in [0.29, 0.717) is 18.2 Å². The molecule has 138 valence electrons. The quantitative estimate of drug-likeness (QED) is 0.416. The molecule has 0 bridgehead atoms. The fourth-order valence-electron chi connectivity index (χ4n) is 2.96. The number of nitrogens with one attached hydrogen (secondary N) is 2. The van der Waals surface area contributed by atoms with Crippen LogP contribution in [0.5, 0.6) is 0 Å². The molecule has 0 saturated heterocycles. The molecule has 1 saturated carbocycles. The van der Waals surface area contributed by atoms with E-state index in [0.717, 1.165) is 50.2 Å². The number of esters is 1. The molecule has 0 aromatic heterocycles. The third-order valence-corrected chi connectivity index (χ3v) is 4.43. The molecular formula is C19H29N3O3. The molecule has 0 atom stereocenters. The van der Waals surface area contributed by atoms with Crippen molar-refractivity contribution in [1.82, 2.24) is 10.6 Å². The fourth-order valence-corrected chi connectivity index (χ4v) is 2.96. The molecule has 0 spiro atoms. The van der Waals surface area contributed by atoms with Gasteiger partial charge in [-0.2, -0.15) is 0 Å². The highest BCUT2D eigenvalue weighted by molar-refractivity contribution is 5.89. The predicted octanol–water partition coefficient (Wildman–Crippen LogP) is 1.87. The van der Waals surface area contributed by atoms with Crippen LogP contribution >= 0.6 is 0 Å². The van der Waals surface area contributed by atoms with Crippen molar-refractivity contribution in [3.05, 3.63) is 35.4 Å². The molecule has 0 unspecified atom stereocenters. The van der Waals surface area contributed by atoms with E-state index >= 15 is 0 Å². The molecule has 1 fully saturated rings. The van der Waals surface area contributed by atoms with Crippen LogP contribution in [-0.2, 0) is 11.2 Å². The smallest absolute Gasteiger partial charge is 0.337 e. The van der Waals surface area contributed by atoms with Gasteiger partial charge in [0.2, 0.25) is 0 Å². The number of rotatable bonds is 6. The van der Waals surface area contributed by atoms with Gasteiger partial charge in [-0.25, -0.2) is 4.79 Å². The maximum Gasteiger partial charge on any atom is 0.337 e. The van der Waals surface area contributed by atoms with E-state index in [1.165, 1.54) is 7.11 Å². The molecule has 0 amide bonds. The summed E-state index contributed by atoms with van der Waals surface area (Å²) in [5.41, 5.74) is 1.69. The van der Waals surface area contributed by atoms with Gasteiger partial charge in [-0.3, -0.25) is 4.99 Å². The Hall–Kier alpha value is -2.08. The predicted molar refractivity (Wildman–Crippen MR) is 98.9 cm³/mol. The molecule has 25 heavy (non-hydrogen) atoms. The summed E-state index contributed by atoms with van der Waals surface area (Å²) >= 11 is 0. The number of ether oxygens (including phenoxy) is 1. The summed E-state index contributed by atoms with van der Waals surface area (Å²) in [6, 6.07) is 7.80. The van der Waals surface area contributed by atoms with Gasteiger partial charge in [0.1, 0.15) is 0 Å². The zero-order valence-corrected chi connectivity index (χ0v) is 15.1. The van der Waals surface area contributed by atoms with Crippen LogP contribution < -0.4 is 10.6 Å². The number of nitrogens with zero attached hydrogens (tertiary/aromatic N) is 1. The summed E-state index contributed by atoms with van der Waals surface area (Å²) < 4.78 is 4.70. The minimum absolute atomic E-state index is 0.148. The van der Waals surface area contributed by atoms with Crippen LogP contribution in [0.15, 0.2) is 29.3 Å². The van der Waals surface area contributed by atoms with E-state index in [9.17, 15) is 9.90 Å². The van der Waals surface area contributed by atoms with E-state index in [-0.39, 0.29) is 12.1 Å². The van der Waals surface area contributed by atoms with Crippen LogP contribution in [0.3, 0.4) is 0 Å². The molecule has 1 aromatic rings. The van der Waals surface area contributed by atoms with E-state index in [4.69, 9.17) is 4.74 Å². The van der Waals surface area contributed by atoms with Gasteiger partial charge in [0, 0.05) is 19.1 Å². The number of aliphatic imine (C=N–C) groups is 1. The lowest BCUT2D eigenvalue weighted by molar-refractivity contribution is 0.0600. The molecular weight excluding hydrogens is 318 g/mol. The number of carbonyl (C=O) groups excluding carboxylic acids is 1. The number of aliphatic hydroxyl groups excluding tert-OH is 1. The van der Waals surface area contributed by atoms with Crippen molar-refractivity contribution in [2.45, 2.75) is 51.2 Å². The second kappa shape index (κ2) is 10.0. The number of hydrogen-bond acceptors (Lipinski definition) is 4. The highest BCUT2D eigenvalue weighted by atomic mass is 16.5. The van der Waals surface area contributed by atoms with Crippen molar-refractivity contribution in [2.75, 3.05) is 20.2 Å². The lowest BCUT2D eigenvalue weighted by Crippen LogP contribution is -2.45. The lowest BCUT2D eigenvalue weighted by atomic mass is 9.93. The van der Waals surface area contributed by atoms with E-state index in [1.54, 1.807) is 12.1 Å². The standard InChI is InChI=1S/C19H29N3O3/c1-3-20-19(22-16-8-10-17(23)11-9-16)21-13-12-14-4-6-15(7-5-14)18(24)25-2/h4-7,16-17,23H,3,8-13H2,1-2H3,(H2,20,21,22). The topological polar surface area (TPSA) is 83.0 Å². The van der Waals surface area contributed by atoms with Crippen LogP contribution in [0, 0.1) is 0 Å². The number of benzene rings is 1. The molecule has 6 nitrogen and oxygen atoms in total. The summed E-state index contributed by atoms with van der Waals surface area (Å²) in [7, 11) is 1.38. The van der Waals surface area contributed by atoms with Crippen molar-refractivity contribution in [3.63, 3.8) is 0 Å². The second-order valence-corrected chi connectivity index (χ2v) is 6.35. The molecule has 1 aliphatic rings. The maximum atomic E-state index is 11.4. The molecule has 0 heterocycles. The zero-order valence-electron chi connectivity index (χ0n) is 15.1. The molecule has 0 radical (unpaired) electrons. The normalized spacial score (nSPS) is 20.8. The molecule has 1 aromatic carbocycles. The Kier molecular flexibility index (Phi) is 7.73. The van der Waals surface area contributed by atoms with Crippen molar-refractivity contribution < 1.29 is 14.6 Å². The summed E-state index contributed by atoms with van der Waals surface area (Å²) in [5, 5.41) is 16.3. The largest absolute Gasteiger partial charge is 0.465 e. The summed E-state index contributed by atoms with van der Waals surface area (Å²) in [6.07, 6.45) is 4.31. The Morgan fingerprint density at radius 3 is 2.52 bits per heavy atom. The van der Waals surface area contributed by atoms with Crippen molar-refractivity contribution in [1.29, 1.82) is 0 Å². The highest BCUT2D eigenvalue weighted by Crippen LogP contribution is 2.18. The van der Waals surface area contributed by atoms with Crippen molar-refractivity contribution in [2.24, 2.45) is 4.99 Å². The van der Waals surface area contributed by atoms with Gasteiger partial charge in [-0.15, -0.1) is 0 Å². The number of guanidine groups is 1. The first-order chi connectivity index (χ1) is 12.1. The van der Waals surface area contributed by atoms with E-state index in [2.05, 4.69) is 15.6 Å². The Bertz CT molecular complexity index is 564.